The minimum atomic E-state index is -5.08. The molecule has 38 heavy (non-hydrogen) atoms. The van der Waals surface area contributed by atoms with Crippen molar-refractivity contribution in [1.29, 1.82) is 0 Å². The van der Waals surface area contributed by atoms with Crippen LogP contribution in [0, 0.1) is 5.41 Å². The Morgan fingerprint density at radius 2 is 1.79 bits per heavy atom. The van der Waals surface area contributed by atoms with Crippen LogP contribution in [0.2, 0.25) is 0 Å². The summed E-state index contributed by atoms with van der Waals surface area (Å²) in [6.07, 6.45) is -1.58. The monoisotopic (exact) mass is 536 g/mol. The lowest BCUT2D eigenvalue weighted by molar-refractivity contribution is -0.192. The molecule has 0 atom stereocenters. The summed E-state index contributed by atoms with van der Waals surface area (Å²) in [5.74, 6) is -1.76. The van der Waals surface area contributed by atoms with Crippen molar-refractivity contribution in [2.75, 3.05) is 33.4 Å². The highest BCUT2D eigenvalue weighted by atomic mass is 19.4. The average Bonchev–Trinajstić information content (AvgIpc) is 3.23. The summed E-state index contributed by atoms with van der Waals surface area (Å²) < 4.78 is 38.7. The number of carboxylic acids is 1. The molecule has 1 aromatic heterocycles. The minimum absolute atomic E-state index is 0.0523. The molecule has 0 unspecified atom stereocenters. The van der Waals surface area contributed by atoms with Gasteiger partial charge in [0, 0.05) is 59.2 Å². The maximum atomic E-state index is 13.4. The molecule has 1 N–H and O–H groups in total. The lowest BCUT2D eigenvalue weighted by Crippen LogP contribution is -2.45. The molecule has 4 heterocycles. The van der Waals surface area contributed by atoms with E-state index in [0.717, 1.165) is 75.5 Å². The van der Waals surface area contributed by atoms with Gasteiger partial charge in [-0.25, -0.2) is 9.78 Å². The molecule has 0 saturated carbocycles. The first kappa shape index (κ1) is 27.8. The van der Waals surface area contributed by atoms with Crippen LogP contribution < -0.4 is 5.56 Å². The molecule has 2 aromatic rings. The van der Waals surface area contributed by atoms with E-state index in [1.807, 2.05) is 15.5 Å². The smallest absolute Gasteiger partial charge is 0.475 e. The van der Waals surface area contributed by atoms with Gasteiger partial charge in [0.25, 0.3) is 5.56 Å². The number of alkyl halides is 3. The number of carbonyl (C=O) groups excluding carboxylic acids is 1. The number of halogens is 3. The van der Waals surface area contributed by atoms with Crippen LogP contribution in [0.25, 0.3) is 0 Å². The van der Waals surface area contributed by atoms with Crippen LogP contribution in [0.4, 0.5) is 13.2 Å². The van der Waals surface area contributed by atoms with Gasteiger partial charge in [0.2, 0.25) is 5.91 Å². The highest BCUT2D eigenvalue weighted by molar-refractivity contribution is 5.77. The zero-order valence-corrected chi connectivity index (χ0v) is 21.2. The zero-order chi connectivity index (χ0) is 27.5. The first-order valence-electron chi connectivity index (χ1n) is 12.5. The molecule has 0 radical (unpaired) electrons. The average molecular weight is 537 g/mol. The van der Waals surface area contributed by atoms with Gasteiger partial charge in [-0.1, -0.05) is 30.3 Å². The van der Waals surface area contributed by atoms with Crippen LogP contribution in [-0.2, 0) is 46.8 Å². The van der Waals surface area contributed by atoms with Gasteiger partial charge in [0.15, 0.2) is 0 Å². The zero-order valence-electron chi connectivity index (χ0n) is 21.2. The normalized spacial score (nSPS) is 18.4. The van der Waals surface area contributed by atoms with Gasteiger partial charge < -0.3 is 14.7 Å². The van der Waals surface area contributed by atoms with E-state index in [1.165, 1.54) is 5.56 Å². The number of nitrogens with zero attached hydrogens (tertiary/aromatic N) is 4. The standard InChI is InChI=1S/C24H30N4O3.C2HF3O2/c1-31-16-22(29)27-11-8-24(9-12-27)13-21-25-20-7-10-26(14-18-5-3-2-4-6-18)15-19(20)23(30)28(21)17-24;3-2(4,5)1(6)7/h2-6H,7-17H2,1H3;(H,6,7). The molecule has 206 valence electrons. The fourth-order valence-corrected chi connectivity index (χ4v) is 5.40. The van der Waals surface area contributed by atoms with Crippen molar-refractivity contribution >= 4 is 11.9 Å². The molecule has 1 amide bonds. The van der Waals surface area contributed by atoms with E-state index in [1.54, 1.807) is 7.11 Å². The van der Waals surface area contributed by atoms with Crippen LogP contribution >= 0.6 is 0 Å². The maximum Gasteiger partial charge on any atom is 0.490 e. The van der Waals surface area contributed by atoms with Gasteiger partial charge in [-0.05, 0) is 23.8 Å². The number of ether oxygens (including phenoxy) is 1. The summed E-state index contributed by atoms with van der Waals surface area (Å²) in [6, 6.07) is 10.4. The first-order valence-corrected chi connectivity index (χ1v) is 12.5. The van der Waals surface area contributed by atoms with Crippen molar-refractivity contribution in [3.05, 3.63) is 63.3 Å². The molecule has 9 nitrogen and oxygen atoms in total. The Balaban J connectivity index is 0.000000426. The summed E-state index contributed by atoms with van der Waals surface area (Å²) >= 11 is 0. The summed E-state index contributed by atoms with van der Waals surface area (Å²) in [4.78, 5) is 43.6. The van der Waals surface area contributed by atoms with Crippen molar-refractivity contribution in [2.24, 2.45) is 5.41 Å². The number of amides is 1. The second-order valence-electron chi connectivity index (χ2n) is 10.1. The van der Waals surface area contributed by atoms with Gasteiger partial charge in [-0.2, -0.15) is 13.2 Å². The number of likely N-dealkylation sites (tertiary alicyclic amines) is 1. The third-order valence-electron chi connectivity index (χ3n) is 7.44. The van der Waals surface area contributed by atoms with E-state index in [2.05, 4.69) is 29.2 Å². The number of aromatic nitrogens is 2. The Hall–Kier alpha value is -3.25. The van der Waals surface area contributed by atoms with Crippen molar-refractivity contribution in [3.8, 4) is 0 Å². The molecule has 3 aliphatic rings. The van der Waals surface area contributed by atoms with E-state index in [9.17, 15) is 22.8 Å². The number of methoxy groups -OCH3 is 1. The second-order valence-corrected chi connectivity index (χ2v) is 10.1. The van der Waals surface area contributed by atoms with Crippen LogP contribution in [0.3, 0.4) is 0 Å². The number of fused-ring (bicyclic) bond motifs is 2. The van der Waals surface area contributed by atoms with Gasteiger partial charge in [-0.3, -0.25) is 19.1 Å². The molecular weight excluding hydrogens is 505 g/mol. The number of aliphatic carboxylic acids is 1. The lowest BCUT2D eigenvalue weighted by Gasteiger charge is -2.38. The number of rotatable bonds is 4. The van der Waals surface area contributed by atoms with Crippen LogP contribution in [0.15, 0.2) is 35.1 Å². The van der Waals surface area contributed by atoms with E-state index < -0.39 is 12.1 Å². The third-order valence-corrected chi connectivity index (χ3v) is 7.44. The van der Waals surface area contributed by atoms with Gasteiger partial charge >= 0.3 is 12.1 Å². The number of carbonyl (C=O) groups is 2. The molecule has 0 aliphatic carbocycles. The van der Waals surface area contributed by atoms with Gasteiger partial charge in [0.1, 0.15) is 12.4 Å². The summed E-state index contributed by atoms with van der Waals surface area (Å²) in [6.45, 7) is 4.79. The van der Waals surface area contributed by atoms with Crippen LogP contribution in [-0.4, -0.2) is 75.9 Å². The van der Waals surface area contributed by atoms with E-state index in [-0.39, 0.29) is 23.5 Å². The van der Waals surface area contributed by atoms with E-state index in [4.69, 9.17) is 19.6 Å². The number of carboxylic acid groups (broad SMARTS) is 1. The van der Waals surface area contributed by atoms with Crippen molar-refractivity contribution in [2.45, 2.75) is 51.5 Å². The lowest BCUT2D eigenvalue weighted by atomic mass is 9.77. The molecule has 0 bridgehead atoms. The van der Waals surface area contributed by atoms with Gasteiger partial charge in [-0.15, -0.1) is 0 Å². The SMILES string of the molecule is COCC(=O)N1CCC2(CC1)Cc1nc3c(c(=O)n1C2)CN(Cc1ccccc1)CC3.O=C(O)C(F)(F)F. The van der Waals surface area contributed by atoms with Crippen LogP contribution in [0.5, 0.6) is 0 Å². The Morgan fingerprint density at radius 3 is 2.39 bits per heavy atom. The maximum absolute atomic E-state index is 13.4. The fourth-order valence-electron chi connectivity index (χ4n) is 5.40. The molecular formula is C26H31F3N4O5. The Labute approximate surface area is 217 Å². The van der Waals surface area contributed by atoms with Crippen molar-refractivity contribution in [1.82, 2.24) is 19.4 Å². The topological polar surface area (TPSA) is 105 Å². The number of piperidine rings is 1. The van der Waals surface area contributed by atoms with Gasteiger partial charge in [0.05, 0.1) is 11.3 Å². The number of benzene rings is 1. The predicted octanol–water partition coefficient (Wildman–Crippen LogP) is 2.25. The highest BCUT2D eigenvalue weighted by Gasteiger charge is 2.43. The Bertz CT molecular complexity index is 1220. The molecule has 3 aliphatic heterocycles. The summed E-state index contributed by atoms with van der Waals surface area (Å²) in [5.41, 5.74) is 3.33. The number of hydrogen-bond donors (Lipinski definition) is 1. The molecule has 1 fully saturated rings. The largest absolute Gasteiger partial charge is 0.490 e. The molecule has 1 aromatic carbocycles. The fraction of sp³-hybridized carbons (Fsp3) is 0.538. The second kappa shape index (κ2) is 11.2. The number of hydrogen-bond acceptors (Lipinski definition) is 6. The van der Waals surface area contributed by atoms with E-state index in [0.29, 0.717) is 6.54 Å². The quantitative estimate of drug-likeness (QED) is 0.639. The summed E-state index contributed by atoms with van der Waals surface area (Å²) in [5, 5.41) is 7.12. The third kappa shape index (κ3) is 6.24. The van der Waals surface area contributed by atoms with E-state index >= 15 is 0 Å². The summed E-state index contributed by atoms with van der Waals surface area (Å²) in [7, 11) is 1.55. The molecule has 1 spiro atoms. The predicted molar refractivity (Wildman–Crippen MR) is 130 cm³/mol. The van der Waals surface area contributed by atoms with Crippen molar-refractivity contribution in [3.63, 3.8) is 0 Å². The minimum Gasteiger partial charge on any atom is -0.475 e. The molecule has 1 saturated heterocycles. The van der Waals surface area contributed by atoms with Crippen LogP contribution in [0.1, 0.15) is 35.5 Å². The Morgan fingerprint density at radius 1 is 1.13 bits per heavy atom. The first-order chi connectivity index (χ1) is 18.0. The molecule has 12 heteroatoms. The molecule has 5 rings (SSSR count). The highest BCUT2D eigenvalue weighted by Crippen LogP contribution is 2.40. The Kier molecular flexibility index (Phi) is 8.22. The van der Waals surface area contributed by atoms with Crippen molar-refractivity contribution < 1.29 is 32.6 Å².